The average molecular weight is 321 g/mol. The van der Waals surface area contributed by atoms with Crippen LogP contribution in [0.5, 0.6) is 5.75 Å². The molecule has 0 aromatic heterocycles. The molecule has 1 aliphatic heterocycles. The van der Waals surface area contributed by atoms with Gasteiger partial charge in [-0.05, 0) is 37.3 Å². The van der Waals surface area contributed by atoms with Gasteiger partial charge in [-0.2, -0.15) is 0 Å². The zero-order valence-electron chi connectivity index (χ0n) is 13.1. The molecule has 0 bridgehead atoms. The van der Waals surface area contributed by atoms with E-state index in [4.69, 9.17) is 4.74 Å². The first kappa shape index (κ1) is 15.7. The number of rotatable bonds is 4. The Morgan fingerprint density at radius 1 is 1.08 bits per heavy atom. The van der Waals surface area contributed by atoms with Gasteiger partial charge in [-0.3, -0.25) is 14.5 Å². The number of nitrogens with zero attached hydrogens (tertiary/aromatic N) is 1. The van der Waals surface area contributed by atoms with Crippen LogP contribution in [0.4, 0.5) is 0 Å². The van der Waals surface area contributed by atoms with Crippen LogP contribution >= 0.6 is 0 Å². The van der Waals surface area contributed by atoms with Crippen molar-refractivity contribution in [3.05, 3.63) is 77.4 Å². The van der Waals surface area contributed by atoms with Gasteiger partial charge in [0.2, 0.25) is 0 Å². The van der Waals surface area contributed by atoms with Gasteiger partial charge in [-0.1, -0.05) is 23.8 Å². The van der Waals surface area contributed by atoms with Crippen molar-refractivity contribution in [1.29, 1.82) is 0 Å². The van der Waals surface area contributed by atoms with Gasteiger partial charge in [0, 0.05) is 6.54 Å². The highest BCUT2D eigenvalue weighted by atomic mass is 16.5. The topological polar surface area (TPSA) is 63.7 Å². The number of fused-ring (bicyclic) bond motifs is 1. The molecule has 5 heteroatoms. The molecule has 1 aliphatic rings. The summed E-state index contributed by atoms with van der Waals surface area (Å²) in [6.45, 7) is 5.60. The molecule has 5 nitrogen and oxygen atoms in total. The highest BCUT2D eigenvalue weighted by Gasteiger charge is 2.35. The molecule has 0 unspecified atom stereocenters. The second-order valence-electron chi connectivity index (χ2n) is 5.47. The number of benzene rings is 2. The number of amides is 2. The third kappa shape index (κ3) is 2.72. The monoisotopic (exact) mass is 321 g/mol. The second-order valence-corrected chi connectivity index (χ2v) is 5.47. The van der Waals surface area contributed by atoms with Crippen molar-refractivity contribution >= 4 is 17.8 Å². The van der Waals surface area contributed by atoms with E-state index < -0.39 is 11.9 Å². The van der Waals surface area contributed by atoms with E-state index in [1.165, 1.54) is 24.3 Å². The number of ether oxygens (including phenoxy) is 1. The number of hydrogen-bond acceptors (Lipinski definition) is 4. The smallest absolute Gasteiger partial charge is 0.343 e. The van der Waals surface area contributed by atoms with Gasteiger partial charge in [0.25, 0.3) is 11.8 Å². The van der Waals surface area contributed by atoms with Gasteiger partial charge in [-0.25, -0.2) is 4.79 Å². The molecule has 2 aromatic carbocycles. The number of hydrogen-bond donors (Lipinski definition) is 0. The summed E-state index contributed by atoms with van der Waals surface area (Å²) in [5, 5.41) is 0. The fourth-order valence-corrected chi connectivity index (χ4v) is 2.48. The fraction of sp³-hybridized carbons (Fsp3) is 0.105. The van der Waals surface area contributed by atoms with Crippen LogP contribution in [-0.2, 0) is 0 Å². The highest BCUT2D eigenvalue weighted by Crippen LogP contribution is 2.24. The minimum Gasteiger partial charge on any atom is -0.423 e. The first-order valence-corrected chi connectivity index (χ1v) is 7.41. The Balaban J connectivity index is 1.86. The van der Waals surface area contributed by atoms with Crippen molar-refractivity contribution in [3.8, 4) is 5.75 Å². The van der Waals surface area contributed by atoms with E-state index >= 15 is 0 Å². The lowest BCUT2D eigenvalue weighted by molar-refractivity contribution is 0.0671. The van der Waals surface area contributed by atoms with Gasteiger partial charge in [0.05, 0.1) is 16.7 Å². The van der Waals surface area contributed by atoms with Crippen LogP contribution in [0, 0.1) is 6.92 Å². The summed E-state index contributed by atoms with van der Waals surface area (Å²) < 4.78 is 5.29. The zero-order chi connectivity index (χ0) is 17.3. The molecule has 0 saturated heterocycles. The van der Waals surface area contributed by atoms with E-state index in [-0.39, 0.29) is 29.1 Å². The summed E-state index contributed by atoms with van der Waals surface area (Å²) in [5.74, 6) is -0.973. The van der Waals surface area contributed by atoms with Crippen LogP contribution in [-0.4, -0.2) is 29.2 Å². The molecule has 2 amide bonds. The first-order chi connectivity index (χ1) is 11.5. The maximum atomic E-state index is 12.3. The van der Waals surface area contributed by atoms with Crippen LogP contribution < -0.4 is 4.74 Å². The maximum absolute atomic E-state index is 12.3. The Kier molecular flexibility index (Phi) is 4.00. The van der Waals surface area contributed by atoms with Crippen molar-refractivity contribution in [2.24, 2.45) is 0 Å². The predicted molar refractivity (Wildman–Crippen MR) is 88.1 cm³/mol. The van der Waals surface area contributed by atoms with E-state index in [0.29, 0.717) is 5.75 Å². The third-order valence-electron chi connectivity index (χ3n) is 3.75. The number of carbonyl (C=O) groups excluding carboxylic acids is 3. The molecule has 0 fully saturated rings. The lowest BCUT2D eigenvalue weighted by Crippen LogP contribution is -2.29. The molecule has 1 heterocycles. The largest absolute Gasteiger partial charge is 0.423 e. The Morgan fingerprint density at radius 2 is 1.75 bits per heavy atom. The minimum absolute atomic E-state index is 0.134. The Labute approximate surface area is 139 Å². The molecule has 0 radical (unpaired) electrons. The second kappa shape index (κ2) is 6.12. The first-order valence-electron chi connectivity index (χ1n) is 7.41. The minimum atomic E-state index is -0.580. The molecular weight excluding hydrogens is 306 g/mol. The molecule has 0 N–H and O–H groups in total. The molecule has 24 heavy (non-hydrogen) atoms. The van der Waals surface area contributed by atoms with E-state index in [0.717, 1.165) is 10.5 Å². The molecule has 0 aliphatic carbocycles. The molecule has 3 rings (SSSR count). The fourth-order valence-electron chi connectivity index (χ4n) is 2.48. The standard InChI is InChI=1S/C19H15NO4/c1-3-10-20-17(21)15-9-6-13(11-16(15)18(20)22)19(23)24-14-7-4-12(2)5-8-14/h3-9,11H,1,10H2,2H3. The lowest BCUT2D eigenvalue weighted by Gasteiger charge is -2.09. The van der Waals surface area contributed by atoms with Gasteiger partial charge in [0.1, 0.15) is 5.75 Å². The highest BCUT2D eigenvalue weighted by molar-refractivity contribution is 6.22. The third-order valence-corrected chi connectivity index (χ3v) is 3.75. The quantitative estimate of drug-likeness (QED) is 0.376. The van der Waals surface area contributed by atoms with E-state index in [1.807, 2.05) is 19.1 Å². The molecule has 120 valence electrons. The van der Waals surface area contributed by atoms with Crippen molar-refractivity contribution in [2.75, 3.05) is 6.54 Å². The Bertz CT molecular complexity index is 852. The number of esters is 1. The Morgan fingerprint density at radius 3 is 2.42 bits per heavy atom. The van der Waals surface area contributed by atoms with Gasteiger partial charge >= 0.3 is 5.97 Å². The molecule has 0 saturated carbocycles. The summed E-state index contributed by atoms with van der Waals surface area (Å²) in [5.41, 5.74) is 1.77. The molecule has 2 aromatic rings. The zero-order valence-corrected chi connectivity index (χ0v) is 13.1. The predicted octanol–water partition coefficient (Wildman–Crippen LogP) is 3.00. The summed E-state index contributed by atoms with van der Waals surface area (Å²) in [7, 11) is 0. The van der Waals surface area contributed by atoms with Crippen molar-refractivity contribution in [1.82, 2.24) is 4.90 Å². The van der Waals surface area contributed by atoms with Crippen LogP contribution in [0.2, 0.25) is 0 Å². The van der Waals surface area contributed by atoms with Crippen LogP contribution in [0.3, 0.4) is 0 Å². The number of imide groups is 1. The van der Waals surface area contributed by atoms with Gasteiger partial charge in [0.15, 0.2) is 0 Å². The summed E-state index contributed by atoms with van der Waals surface area (Å²) in [4.78, 5) is 37.8. The maximum Gasteiger partial charge on any atom is 0.343 e. The summed E-state index contributed by atoms with van der Waals surface area (Å²) in [6.07, 6.45) is 1.48. The van der Waals surface area contributed by atoms with Gasteiger partial charge in [-0.15, -0.1) is 6.58 Å². The van der Waals surface area contributed by atoms with Crippen molar-refractivity contribution in [2.45, 2.75) is 6.92 Å². The van der Waals surface area contributed by atoms with E-state index in [9.17, 15) is 14.4 Å². The molecule has 0 spiro atoms. The summed E-state index contributed by atoms with van der Waals surface area (Å²) in [6, 6.07) is 11.4. The van der Waals surface area contributed by atoms with Crippen LogP contribution in [0.1, 0.15) is 36.6 Å². The summed E-state index contributed by atoms with van der Waals surface area (Å²) >= 11 is 0. The molecule has 0 atom stereocenters. The SMILES string of the molecule is C=CCN1C(=O)c2ccc(C(=O)Oc3ccc(C)cc3)cc2C1=O. The lowest BCUT2D eigenvalue weighted by atomic mass is 10.1. The van der Waals surface area contributed by atoms with Crippen molar-refractivity contribution in [3.63, 3.8) is 0 Å². The van der Waals surface area contributed by atoms with Crippen LogP contribution in [0.15, 0.2) is 55.1 Å². The molecular formula is C19H15NO4. The van der Waals surface area contributed by atoms with Crippen molar-refractivity contribution < 1.29 is 19.1 Å². The van der Waals surface area contributed by atoms with Crippen LogP contribution in [0.25, 0.3) is 0 Å². The average Bonchev–Trinajstić information content (AvgIpc) is 2.82. The number of aryl methyl sites for hydroxylation is 1. The van der Waals surface area contributed by atoms with E-state index in [2.05, 4.69) is 6.58 Å². The van der Waals surface area contributed by atoms with Gasteiger partial charge < -0.3 is 4.74 Å². The number of carbonyl (C=O) groups is 3. The normalized spacial score (nSPS) is 13.0. The Hall–Kier alpha value is -3.21. The van der Waals surface area contributed by atoms with E-state index in [1.54, 1.807) is 12.1 Å².